The standard InChI is InChI=1S/C14H23P.2ClH.Pd/c1-13(2,3)10-7-11(14(4,5)6)9-12(15)8-10;;;/h7-9H,15H2,1-6H3;2*1H;/q;;;+2/p-2. The van der Waals surface area contributed by atoms with Crippen molar-refractivity contribution in [3.05, 3.63) is 29.3 Å². The van der Waals surface area contributed by atoms with E-state index in [9.17, 15) is 0 Å². The zero-order chi connectivity index (χ0) is 14.6. The molecule has 0 nitrogen and oxygen atoms in total. The van der Waals surface area contributed by atoms with Gasteiger partial charge in [0.25, 0.3) is 0 Å². The second-order valence-corrected chi connectivity index (χ2v) is 9.42. The van der Waals surface area contributed by atoms with Gasteiger partial charge in [-0.25, -0.2) is 0 Å². The number of halogens is 2. The number of hydrogen-bond acceptors (Lipinski definition) is 0. The minimum atomic E-state index is -0.106. The maximum absolute atomic E-state index is 4.81. The Morgan fingerprint density at radius 1 is 0.833 bits per heavy atom. The maximum atomic E-state index is 4.81. The van der Waals surface area contributed by atoms with Gasteiger partial charge >= 0.3 is 35.0 Å². The van der Waals surface area contributed by atoms with Crippen LogP contribution in [0.25, 0.3) is 0 Å². The first-order valence-electron chi connectivity index (χ1n) is 5.76. The van der Waals surface area contributed by atoms with E-state index in [1.165, 1.54) is 16.4 Å². The Morgan fingerprint density at radius 3 is 1.33 bits per heavy atom. The Labute approximate surface area is 131 Å². The van der Waals surface area contributed by atoms with Gasteiger partial charge in [-0.1, -0.05) is 59.7 Å². The van der Waals surface area contributed by atoms with Crippen LogP contribution in [0.3, 0.4) is 0 Å². The molecule has 0 aliphatic carbocycles. The molecule has 0 N–H and O–H groups in total. The van der Waals surface area contributed by atoms with Gasteiger partial charge in [-0.3, -0.25) is 0 Å². The first kappa shape index (κ1) is 18.9. The second kappa shape index (κ2) is 7.62. The zero-order valence-electron chi connectivity index (χ0n) is 11.9. The van der Waals surface area contributed by atoms with E-state index < -0.39 is 0 Å². The van der Waals surface area contributed by atoms with E-state index in [1.54, 1.807) is 0 Å². The van der Waals surface area contributed by atoms with Gasteiger partial charge in [-0.2, -0.15) is 0 Å². The Balaban J connectivity index is 0.000000873. The summed E-state index contributed by atoms with van der Waals surface area (Å²) in [5.41, 5.74) is 3.29. The SMILES string of the molecule is CC(C)(C)c1cc(P)cc(C(C)(C)C)c1.[Cl][Pd][Cl]. The summed E-state index contributed by atoms with van der Waals surface area (Å²) in [7, 11) is 12.4. The van der Waals surface area contributed by atoms with E-state index >= 15 is 0 Å². The fourth-order valence-electron chi connectivity index (χ4n) is 1.52. The van der Waals surface area contributed by atoms with Gasteiger partial charge in [0.2, 0.25) is 0 Å². The molecular formula is C14H23Cl2PPd. The molecule has 0 aliphatic rings. The molecule has 0 aliphatic heterocycles. The Kier molecular flexibility index (Phi) is 7.99. The molecule has 0 bridgehead atoms. The van der Waals surface area contributed by atoms with Crippen LogP contribution in [0.4, 0.5) is 0 Å². The summed E-state index contributed by atoms with van der Waals surface area (Å²) in [6.45, 7) is 13.6. The Hall–Kier alpha value is 0.892. The molecule has 108 valence electrons. The van der Waals surface area contributed by atoms with Gasteiger partial charge < -0.3 is 0 Å². The van der Waals surface area contributed by atoms with Gasteiger partial charge in [0.15, 0.2) is 0 Å². The summed E-state index contributed by atoms with van der Waals surface area (Å²) in [6.07, 6.45) is 0. The van der Waals surface area contributed by atoms with Crippen LogP contribution in [0.2, 0.25) is 0 Å². The second-order valence-electron chi connectivity index (χ2n) is 6.39. The summed E-state index contributed by atoms with van der Waals surface area (Å²) in [4.78, 5) is 0. The molecule has 0 fully saturated rings. The summed E-state index contributed by atoms with van der Waals surface area (Å²) >= 11 is -0.106. The summed E-state index contributed by atoms with van der Waals surface area (Å²) in [5.74, 6) is 0. The van der Waals surface area contributed by atoms with Crippen molar-refractivity contribution in [2.45, 2.75) is 52.4 Å². The van der Waals surface area contributed by atoms with Crippen molar-refractivity contribution >= 4 is 33.6 Å². The molecule has 0 heterocycles. The molecule has 1 unspecified atom stereocenters. The van der Waals surface area contributed by atoms with E-state index in [0.717, 1.165) is 0 Å². The average molecular weight is 400 g/mol. The monoisotopic (exact) mass is 398 g/mol. The van der Waals surface area contributed by atoms with E-state index in [4.69, 9.17) is 19.1 Å². The van der Waals surface area contributed by atoms with Gasteiger partial charge in [0.1, 0.15) is 0 Å². The molecule has 4 heteroatoms. The van der Waals surface area contributed by atoms with Crippen LogP contribution in [0.1, 0.15) is 52.7 Å². The molecule has 1 aromatic rings. The van der Waals surface area contributed by atoms with Crippen LogP contribution in [0.15, 0.2) is 18.2 Å². The fraction of sp³-hybridized carbons (Fsp3) is 0.571. The van der Waals surface area contributed by atoms with Gasteiger partial charge in [-0.05, 0) is 27.3 Å². The minimum absolute atomic E-state index is 0.106. The molecule has 0 saturated heterocycles. The molecule has 0 spiro atoms. The van der Waals surface area contributed by atoms with E-state index in [1.807, 2.05) is 0 Å². The van der Waals surface area contributed by atoms with Crippen molar-refractivity contribution < 1.29 is 15.9 Å². The Bertz CT molecular complexity index is 346. The number of benzene rings is 1. The van der Waals surface area contributed by atoms with Crippen molar-refractivity contribution in [3.63, 3.8) is 0 Å². The zero-order valence-corrected chi connectivity index (χ0v) is 16.1. The molecule has 0 amide bonds. The van der Waals surface area contributed by atoms with Crippen LogP contribution in [-0.4, -0.2) is 0 Å². The van der Waals surface area contributed by atoms with Crippen molar-refractivity contribution in [1.29, 1.82) is 0 Å². The summed E-state index contributed by atoms with van der Waals surface area (Å²) < 4.78 is 0. The number of hydrogen-bond donors (Lipinski definition) is 0. The predicted molar refractivity (Wildman–Crippen MR) is 84.9 cm³/mol. The molecule has 0 saturated carbocycles. The third-order valence-electron chi connectivity index (χ3n) is 2.69. The first-order valence-corrected chi connectivity index (χ1v) is 10.3. The topological polar surface area (TPSA) is 0 Å². The average Bonchev–Trinajstić information content (AvgIpc) is 2.15. The van der Waals surface area contributed by atoms with Crippen LogP contribution in [0, 0.1) is 0 Å². The van der Waals surface area contributed by atoms with Crippen LogP contribution in [0.5, 0.6) is 0 Å². The van der Waals surface area contributed by atoms with Crippen LogP contribution < -0.4 is 5.30 Å². The number of rotatable bonds is 0. The fourth-order valence-corrected chi connectivity index (χ4v) is 1.88. The molecule has 18 heavy (non-hydrogen) atoms. The van der Waals surface area contributed by atoms with Crippen molar-refractivity contribution in [2.24, 2.45) is 0 Å². The van der Waals surface area contributed by atoms with Gasteiger partial charge in [-0.15, -0.1) is 9.24 Å². The third-order valence-corrected chi connectivity index (χ3v) is 3.02. The molecule has 1 atom stereocenters. The molecule has 1 aromatic carbocycles. The Morgan fingerprint density at radius 2 is 1.11 bits per heavy atom. The molecule has 1 rings (SSSR count). The quantitative estimate of drug-likeness (QED) is 0.418. The third kappa shape index (κ3) is 6.89. The first-order chi connectivity index (χ1) is 8.02. The van der Waals surface area contributed by atoms with E-state index in [-0.39, 0.29) is 26.8 Å². The molecule has 0 aromatic heterocycles. The van der Waals surface area contributed by atoms with Crippen molar-refractivity contribution in [2.75, 3.05) is 0 Å². The normalized spacial score (nSPS) is 12.1. The van der Waals surface area contributed by atoms with E-state index in [0.29, 0.717) is 0 Å². The molecule has 0 radical (unpaired) electrons. The van der Waals surface area contributed by atoms with Crippen LogP contribution >= 0.6 is 28.3 Å². The van der Waals surface area contributed by atoms with Gasteiger partial charge in [0, 0.05) is 0 Å². The summed E-state index contributed by atoms with van der Waals surface area (Å²) in [6, 6.07) is 6.87. The summed E-state index contributed by atoms with van der Waals surface area (Å²) in [5, 5.41) is 1.28. The van der Waals surface area contributed by atoms with Crippen LogP contribution in [-0.2, 0) is 26.8 Å². The van der Waals surface area contributed by atoms with Gasteiger partial charge in [0.05, 0.1) is 0 Å². The predicted octanol–water partition coefficient (Wildman–Crippen LogP) is 5.16. The van der Waals surface area contributed by atoms with Crippen molar-refractivity contribution in [1.82, 2.24) is 0 Å². The van der Waals surface area contributed by atoms with Crippen molar-refractivity contribution in [3.8, 4) is 0 Å². The molecular weight excluding hydrogens is 376 g/mol. The van der Waals surface area contributed by atoms with E-state index in [2.05, 4.69) is 69.0 Å².